The third-order valence-electron chi connectivity index (χ3n) is 7.30. The third kappa shape index (κ3) is 4.56. The molecule has 4 rings (SSSR count). The van der Waals surface area contributed by atoms with Crippen molar-refractivity contribution < 1.29 is 14.6 Å². The molecule has 1 amide bonds. The molecule has 1 aliphatic carbocycles. The maximum absolute atomic E-state index is 12.9. The molecular formula is C27H35NO3. The van der Waals surface area contributed by atoms with Gasteiger partial charge in [0, 0.05) is 17.5 Å². The van der Waals surface area contributed by atoms with E-state index in [1.54, 1.807) is 0 Å². The number of ether oxygens (including phenoxy) is 1. The number of nitrogens with zero attached hydrogens (tertiary/aromatic N) is 1. The van der Waals surface area contributed by atoms with Gasteiger partial charge in [-0.25, -0.2) is 0 Å². The maximum Gasteiger partial charge on any atom is 0.227 e. The average molecular weight is 422 g/mol. The first-order valence-electron chi connectivity index (χ1n) is 11.8. The highest BCUT2D eigenvalue weighted by Gasteiger charge is 2.44. The van der Waals surface area contributed by atoms with Gasteiger partial charge in [0.05, 0.1) is 25.4 Å². The van der Waals surface area contributed by atoms with E-state index in [2.05, 4.69) is 26.0 Å². The Morgan fingerprint density at radius 3 is 2.61 bits per heavy atom. The van der Waals surface area contributed by atoms with E-state index in [0.29, 0.717) is 19.6 Å². The standard InChI is InChI=1S/C27H35NO3/c1-3-13-27(14-8-15-27)26(30)22-11-7-12-23(17-22)28-24(20(2)16-25(28)29)19-31-18-21-9-5-4-6-10-21/h4-7,9-12,17,20,24,26,30H,3,8,13-16,18-19H2,1-2H3. The first-order chi connectivity index (χ1) is 15.0. The summed E-state index contributed by atoms with van der Waals surface area (Å²) in [4.78, 5) is 14.8. The summed E-state index contributed by atoms with van der Waals surface area (Å²) in [6, 6.07) is 18.1. The van der Waals surface area contributed by atoms with Crippen LogP contribution < -0.4 is 4.90 Å². The summed E-state index contributed by atoms with van der Waals surface area (Å²) in [6.07, 6.45) is 5.56. The number of aliphatic hydroxyl groups is 1. The van der Waals surface area contributed by atoms with Crippen molar-refractivity contribution in [3.05, 3.63) is 65.7 Å². The van der Waals surface area contributed by atoms with E-state index in [0.717, 1.165) is 42.5 Å². The van der Waals surface area contributed by atoms with E-state index >= 15 is 0 Å². The van der Waals surface area contributed by atoms with Crippen molar-refractivity contribution in [3.8, 4) is 0 Å². The van der Waals surface area contributed by atoms with Gasteiger partial charge in [-0.3, -0.25) is 4.79 Å². The zero-order valence-corrected chi connectivity index (χ0v) is 18.8. The SMILES string of the molecule is CCCC1(C(O)c2cccc(N3C(=O)CC(C)C3COCc3ccccc3)c2)CCC1. The van der Waals surface area contributed by atoms with Gasteiger partial charge < -0.3 is 14.7 Å². The zero-order chi connectivity index (χ0) is 21.8. The Labute approximate surface area is 186 Å². The summed E-state index contributed by atoms with van der Waals surface area (Å²) < 4.78 is 6.02. The third-order valence-corrected chi connectivity index (χ3v) is 7.30. The number of anilines is 1. The Morgan fingerprint density at radius 1 is 1.16 bits per heavy atom. The van der Waals surface area contributed by atoms with Crippen molar-refractivity contribution in [3.63, 3.8) is 0 Å². The highest BCUT2D eigenvalue weighted by Crippen LogP contribution is 2.53. The van der Waals surface area contributed by atoms with Crippen molar-refractivity contribution in [1.29, 1.82) is 0 Å². The summed E-state index contributed by atoms with van der Waals surface area (Å²) in [7, 11) is 0. The van der Waals surface area contributed by atoms with Crippen molar-refractivity contribution >= 4 is 11.6 Å². The molecule has 2 aromatic rings. The van der Waals surface area contributed by atoms with Gasteiger partial charge in [0.15, 0.2) is 0 Å². The molecule has 1 N–H and O–H groups in total. The van der Waals surface area contributed by atoms with Crippen LogP contribution in [0.5, 0.6) is 0 Å². The lowest BCUT2D eigenvalue weighted by atomic mass is 9.61. The molecule has 0 spiro atoms. The van der Waals surface area contributed by atoms with Gasteiger partial charge in [-0.1, -0.05) is 69.2 Å². The van der Waals surface area contributed by atoms with Gasteiger partial charge in [0.2, 0.25) is 5.91 Å². The molecular weight excluding hydrogens is 386 g/mol. The predicted octanol–water partition coefficient (Wildman–Crippen LogP) is 5.65. The second-order valence-electron chi connectivity index (χ2n) is 9.48. The quantitative estimate of drug-likeness (QED) is 0.569. The van der Waals surface area contributed by atoms with Gasteiger partial charge in [0.25, 0.3) is 0 Å². The van der Waals surface area contributed by atoms with Crippen molar-refractivity contribution in [2.45, 2.75) is 71.1 Å². The van der Waals surface area contributed by atoms with E-state index in [1.165, 1.54) is 6.42 Å². The van der Waals surface area contributed by atoms with Crippen molar-refractivity contribution in [2.75, 3.05) is 11.5 Å². The second-order valence-corrected chi connectivity index (χ2v) is 9.48. The molecule has 3 atom stereocenters. The fourth-order valence-corrected chi connectivity index (χ4v) is 5.38. The Kier molecular flexibility index (Phi) is 6.78. The Bertz CT molecular complexity index is 877. The molecule has 2 fully saturated rings. The number of amides is 1. The number of benzene rings is 2. The molecule has 0 radical (unpaired) electrons. The van der Waals surface area contributed by atoms with Gasteiger partial charge in [-0.15, -0.1) is 0 Å². The summed E-state index contributed by atoms with van der Waals surface area (Å²) in [5.41, 5.74) is 2.96. The van der Waals surface area contributed by atoms with Crippen LogP contribution in [0, 0.1) is 11.3 Å². The number of carbonyl (C=O) groups excluding carboxylic acids is 1. The molecule has 166 valence electrons. The highest BCUT2D eigenvalue weighted by atomic mass is 16.5. The molecule has 1 saturated heterocycles. The average Bonchev–Trinajstić information content (AvgIpc) is 3.04. The molecule has 1 saturated carbocycles. The zero-order valence-electron chi connectivity index (χ0n) is 18.8. The monoisotopic (exact) mass is 421 g/mol. The minimum absolute atomic E-state index is 0.00782. The number of hydrogen-bond acceptors (Lipinski definition) is 3. The van der Waals surface area contributed by atoms with E-state index in [9.17, 15) is 9.90 Å². The van der Waals surface area contributed by atoms with E-state index < -0.39 is 6.10 Å². The molecule has 1 heterocycles. The summed E-state index contributed by atoms with van der Waals surface area (Å²) >= 11 is 0. The minimum Gasteiger partial charge on any atom is -0.388 e. The topological polar surface area (TPSA) is 49.8 Å². The van der Waals surface area contributed by atoms with Crippen LogP contribution in [0.15, 0.2) is 54.6 Å². The lowest BCUT2D eigenvalue weighted by Gasteiger charge is -2.46. The van der Waals surface area contributed by atoms with Crippen LogP contribution in [-0.2, 0) is 16.1 Å². The molecule has 0 bridgehead atoms. The largest absolute Gasteiger partial charge is 0.388 e. The minimum atomic E-state index is -0.468. The number of aliphatic hydroxyl groups excluding tert-OH is 1. The molecule has 2 aromatic carbocycles. The normalized spacial score (nSPS) is 23.6. The smallest absolute Gasteiger partial charge is 0.227 e. The predicted molar refractivity (Wildman–Crippen MR) is 124 cm³/mol. The van der Waals surface area contributed by atoms with Crippen LogP contribution in [0.4, 0.5) is 5.69 Å². The summed E-state index contributed by atoms with van der Waals surface area (Å²) in [6.45, 7) is 5.37. The van der Waals surface area contributed by atoms with Crippen LogP contribution >= 0.6 is 0 Å². The lowest BCUT2D eigenvalue weighted by Crippen LogP contribution is -2.39. The van der Waals surface area contributed by atoms with Crippen LogP contribution in [0.1, 0.15) is 69.6 Å². The van der Waals surface area contributed by atoms with Gasteiger partial charge >= 0.3 is 0 Å². The highest BCUT2D eigenvalue weighted by molar-refractivity contribution is 5.96. The fourth-order valence-electron chi connectivity index (χ4n) is 5.38. The van der Waals surface area contributed by atoms with Crippen LogP contribution in [0.2, 0.25) is 0 Å². The Balaban J connectivity index is 1.50. The molecule has 31 heavy (non-hydrogen) atoms. The molecule has 0 aromatic heterocycles. The summed E-state index contributed by atoms with van der Waals surface area (Å²) in [5.74, 6) is 0.370. The van der Waals surface area contributed by atoms with Crippen LogP contribution in [0.25, 0.3) is 0 Å². The van der Waals surface area contributed by atoms with Gasteiger partial charge in [-0.2, -0.15) is 0 Å². The van der Waals surface area contributed by atoms with Crippen molar-refractivity contribution in [1.82, 2.24) is 0 Å². The molecule has 4 heteroatoms. The molecule has 4 nitrogen and oxygen atoms in total. The van der Waals surface area contributed by atoms with Crippen LogP contribution in [0.3, 0.4) is 0 Å². The fraction of sp³-hybridized carbons (Fsp3) is 0.519. The first-order valence-corrected chi connectivity index (χ1v) is 11.8. The van der Waals surface area contributed by atoms with Gasteiger partial charge in [-0.05, 0) is 48.4 Å². The van der Waals surface area contributed by atoms with E-state index in [4.69, 9.17) is 4.74 Å². The Morgan fingerprint density at radius 2 is 1.94 bits per heavy atom. The Hall–Kier alpha value is -2.17. The molecule has 3 unspecified atom stereocenters. The van der Waals surface area contributed by atoms with E-state index in [-0.39, 0.29) is 23.3 Å². The number of rotatable bonds is 9. The summed E-state index contributed by atoms with van der Waals surface area (Å²) in [5, 5.41) is 11.2. The number of carbonyl (C=O) groups is 1. The maximum atomic E-state index is 12.9. The van der Waals surface area contributed by atoms with E-state index in [1.807, 2.05) is 47.4 Å². The molecule has 2 aliphatic rings. The van der Waals surface area contributed by atoms with Crippen molar-refractivity contribution in [2.24, 2.45) is 11.3 Å². The number of hydrogen-bond donors (Lipinski definition) is 1. The second kappa shape index (κ2) is 9.54. The first kappa shape index (κ1) is 22.0. The van der Waals surface area contributed by atoms with Gasteiger partial charge in [0.1, 0.15) is 0 Å². The lowest BCUT2D eigenvalue weighted by molar-refractivity contribution is -0.117. The molecule has 1 aliphatic heterocycles. The van der Waals surface area contributed by atoms with Crippen LogP contribution in [-0.4, -0.2) is 23.7 Å².